The van der Waals surface area contributed by atoms with Crippen molar-refractivity contribution in [1.29, 1.82) is 0 Å². The van der Waals surface area contributed by atoms with Crippen molar-refractivity contribution in [3.8, 4) is 22.8 Å². The Balaban J connectivity index is 1.34. The highest BCUT2D eigenvalue weighted by molar-refractivity contribution is 5.99. The zero-order valence-electron chi connectivity index (χ0n) is 18.1. The van der Waals surface area contributed by atoms with Crippen molar-refractivity contribution in [3.05, 3.63) is 65.6 Å². The first-order chi connectivity index (χ1) is 16.1. The number of nitrogens with zero attached hydrogens (tertiary/aromatic N) is 4. The third-order valence-corrected chi connectivity index (χ3v) is 5.63. The summed E-state index contributed by atoms with van der Waals surface area (Å²) in [5, 5.41) is 0. The number of hydrogen-bond donors (Lipinski definition) is 1. The molecule has 0 saturated carbocycles. The highest BCUT2D eigenvalue weighted by Gasteiger charge is 2.29. The molecule has 2 aromatic heterocycles. The Morgan fingerprint density at radius 1 is 1.21 bits per heavy atom. The molecule has 1 atom stereocenters. The van der Waals surface area contributed by atoms with Gasteiger partial charge in [-0.05, 0) is 36.4 Å². The maximum Gasteiger partial charge on any atom is 0.253 e. The highest BCUT2D eigenvalue weighted by Crippen LogP contribution is 2.31. The van der Waals surface area contributed by atoms with E-state index in [1.807, 2.05) is 42.5 Å². The lowest BCUT2D eigenvalue weighted by Gasteiger charge is -2.34. The molecule has 2 N–H and O–H groups in total. The quantitative estimate of drug-likeness (QED) is 0.652. The first-order valence-electron chi connectivity index (χ1n) is 10.6. The molecule has 0 aliphatic carbocycles. The van der Waals surface area contributed by atoms with Crippen LogP contribution >= 0.6 is 0 Å². The van der Waals surface area contributed by atoms with Gasteiger partial charge in [-0.2, -0.15) is 0 Å². The number of anilines is 1. The maximum absolute atomic E-state index is 13.3. The van der Waals surface area contributed by atoms with E-state index in [4.69, 9.17) is 24.9 Å². The van der Waals surface area contributed by atoms with Gasteiger partial charge in [0.15, 0.2) is 0 Å². The molecule has 1 aromatic carbocycles. The fourth-order valence-electron chi connectivity index (χ4n) is 3.88. The summed E-state index contributed by atoms with van der Waals surface area (Å²) in [5.41, 5.74) is 9.22. The summed E-state index contributed by atoms with van der Waals surface area (Å²) in [7, 11) is 1.61. The second-order valence-electron chi connectivity index (χ2n) is 7.75. The van der Waals surface area contributed by atoms with Crippen LogP contribution in [-0.2, 0) is 9.53 Å². The van der Waals surface area contributed by atoms with Crippen LogP contribution in [0.3, 0.4) is 0 Å². The molecule has 9 nitrogen and oxygen atoms in total. The van der Waals surface area contributed by atoms with Gasteiger partial charge in [0.2, 0.25) is 5.95 Å². The van der Waals surface area contributed by atoms with E-state index in [1.54, 1.807) is 24.4 Å². The monoisotopic (exact) mass is 445 g/mol. The van der Waals surface area contributed by atoms with Crippen molar-refractivity contribution in [2.75, 3.05) is 39.1 Å². The lowest BCUT2D eigenvalue weighted by atomic mass is 10.1. The van der Waals surface area contributed by atoms with Crippen LogP contribution in [0.4, 0.5) is 5.95 Å². The van der Waals surface area contributed by atoms with Crippen LogP contribution in [-0.4, -0.2) is 59.2 Å². The van der Waals surface area contributed by atoms with Crippen molar-refractivity contribution in [2.24, 2.45) is 0 Å². The Morgan fingerprint density at radius 2 is 2.06 bits per heavy atom. The molecule has 0 bridgehead atoms. The van der Waals surface area contributed by atoms with Gasteiger partial charge in [-0.3, -0.25) is 4.79 Å². The number of ether oxygens (including phenoxy) is 3. The molecule has 9 heteroatoms. The molecule has 0 spiro atoms. The molecule has 33 heavy (non-hydrogen) atoms. The van der Waals surface area contributed by atoms with Gasteiger partial charge in [-0.1, -0.05) is 6.07 Å². The van der Waals surface area contributed by atoms with Crippen molar-refractivity contribution < 1.29 is 19.0 Å². The molecule has 2 aliphatic rings. The van der Waals surface area contributed by atoms with E-state index in [0.717, 1.165) is 22.6 Å². The summed E-state index contributed by atoms with van der Waals surface area (Å²) in [6.07, 6.45) is 4.80. The topological polar surface area (TPSA) is 113 Å². The minimum Gasteiger partial charge on any atom is -0.497 e. The van der Waals surface area contributed by atoms with E-state index >= 15 is 0 Å². The van der Waals surface area contributed by atoms with Gasteiger partial charge in [0.25, 0.3) is 5.91 Å². The largest absolute Gasteiger partial charge is 0.497 e. The second-order valence-corrected chi connectivity index (χ2v) is 7.75. The number of pyridine rings is 1. The normalized spacial score (nSPS) is 17.5. The van der Waals surface area contributed by atoms with Crippen molar-refractivity contribution in [1.82, 2.24) is 19.9 Å². The van der Waals surface area contributed by atoms with Gasteiger partial charge in [0.05, 0.1) is 37.2 Å². The maximum atomic E-state index is 13.3. The molecule has 3 aromatic rings. The van der Waals surface area contributed by atoms with E-state index in [0.29, 0.717) is 36.7 Å². The molecule has 168 valence electrons. The Kier molecular flexibility index (Phi) is 5.62. The van der Waals surface area contributed by atoms with Gasteiger partial charge < -0.3 is 24.8 Å². The Morgan fingerprint density at radius 3 is 2.88 bits per heavy atom. The number of fused-ring (bicyclic) bond motifs is 1. The van der Waals surface area contributed by atoms with Crippen molar-refractivity contribution in [3.63, 3.8) is 0 Å². The molecule has 1 saturated heterocycles. The van der Waals surface area contributed by atoms with E-state index in [-0.39, 0.29) is 24.6 Å². The van der Waals surface area contributed by atoms with Crippen LogP contribution in [0.25, 0.3) is 17.3 Å². The standard InChI is InChI=1S/C24H23N5O4/c1-31-18-5-6-21-15(10-18)9-16(14-33-21)23(30)29-7-8-32-22(13-29)20-4-2-3-19(28-20)17-11-26-24(25)27-12-17/h2-6,9-12,22H,7-8,13-14H2,1H3,(H2,25,26,27)/t22-/m0/s1. The number of nitrogens with two attached hydrogens (primary N) is 1. The number of carbonyl (C=O) groups excluding carboxylic acids is 1. The Hall–Kier alpha value is -3.98. The van der Waals surface area contributed by atoms with Crippen LogP contribution in [0, 0.1) is 0 Å². The molecular formula is C24H23N5O4. The molecule has 5 rings (SSSR count). The van der Waals surface area contributed by atoms with E-state index in [1.165, 1.54) is 0 Å². The lowest BCUT2D eigenvalue weighted by molar-refractivity contribution is -0.135. The summed E-state index contributed by atoms with van der Waals surface area (Å²) >= 11 is 0. The first kappa shape index (κ1) is 20.9. The first-order valence-corrected chi connectivity index (χ1v) is 10.6. The average Bonchev–Trinajstić information content (AvgIpc) is 2.88. The van der Waals surface area contributed by atoms with Crippen molar-refractivity contribution >= 4 is 17.9 Å². The van der Waals surface area contributed by atoms with Gasteiger partial charge in [-0.25, -0.2) is 15.0 Å². The summed E-state index contributed by atoms with van der Waals surface area (Å²) in [6, 6.07) is 11.2. The molecule has 4 heterocycles. The fraction of sp³-hybridized carbons (Fsp3) is 0.250. The number of morpholine rings is 1. The second kappa shape index (κ2) is 8.87. The fourth-order valence-corrected chi connectivity index (χ4v) is 3.88. The van der Waals surface area contributed by atoms with Crippen molar-refractivity contribution in [2.45, 2.75) is 6.10 Å². The average molecular weight is 445 g/mol. The number of carbonyl (C=O) groups is 1. The smallest absolute Gasteiger partial charge is 0.253 e. The number of hydrogen-bond acceptors (Lipinski definition) is 8. The minimum atomic E-state index is -0.338. The van der Waals surface area contributed by atoms with E-state index < -0.39 is 0 Å². The molecule has 2 aliphatic heterocycles. The van der Waals surface area contributed by atoms with Crippen LogP contribution in [0.2, 0.25) is 0 Å². The van der Waals surface area contributed by atoms with E-state index in [2.05, 4.69) is 9.97 Å². The zero-order chi connectivity index (χ0) is 22.8. The number of amides is 1. The lowest BCUT2D eigenvalue weighted by Crippen LogP contribution is -2.44. The molecular weight excluding hydrogens is 422 g/mol. The van der Waals surface area contributed by atoms with Crippen LogP contribution < -0.4 is 15.2 Å². The Labute approximate surface area is 190 Å². The van der Waals surface area contributed by atoms with Gasteiger partial charge in [0.1, 0.15) is 24.2 Å². The summed E-state index contributed by atoms with van der Waals surface area (Å²) in [4.78, 5) is 27.8. The summed E-state index contributed by atoms with van der Waals surface area (Å²) < 4.78 is 17.0. The third kappa shape index (κ3) is 4.35. The molecule has 0 unspecified atom stereocenters. The highest BCUT2D eigenvalue weighted by atomic mass is 16.5. The molecule has 1 fully saturated rings. The Bertz CT molecular complexity index is 1210. The number of methoxy groups -OCH3 is 1. The third-order valence-electron chi connectivity index (χ3n) is 5.63. The predicted molar refractivity (Wildman–Crippen MR) is 121 cm³/mol. The minimum absolute atomic E-state index is 0.0696. The number of aromatic nitrogens is 3. The number of nitrogen functional groups attached to an aromatic ring is 1. The number of benzene rings is 1. The summed E-state index contributed by atoms with van der Waals surface area (Å²) in [5.74, 6) is 1.59. The van der Waals surface area contributed by atoms with E-state index in [9.17, 15) is 4.79 Å². The number of rotatable bonds is 4. The van der Waals surface area contributed by atoms with Gasteiger partial charge >= 0.3 is 0 Å². The van der Waals surface area contributed by atoms with Gasteiger partial charge in [-0.15, -0.1) is 0 Å². The van der Waals surface area contributed by atoms with Crippen LogP contribution in [0.15, 0.2) is 54.4 Å². The molecule has 0 radical (unpaired) electrons. The SMILES string of the molecule is COc1ccc2c(c1)C=C(C(=O)N1CCO[C@H](c3cccc(-c4cnc(N)nc4)n3)C1)CO2. The predicted octanol–water partition coefficient (Wildman–Crippen LogP) is 2.51. The van der Waals surface area contributed by atoms with Crippen LogP contribution in [0.1, 0.15) is 17.4 Å². The van der Waals surface area contributed by atoms with Gasteiger partial charge in [0, 0.05) is 30.1 Å². The zero-order valence-corrected chi connectivity index (χ0v) is 18.1. The van der Waals surface area contributed by atoms with Crippen LogP contribution in [0.5, 0.6) is 11.5 Å². The molecule has 1 amide bonds. The summed E-state index contributed by atoms with van der Waals surface area (Å²) in [6.45, 7) is 1.55.